The molecule has 2 aliphatic heterocycles. The van der Waals surface area contributed by atoms with Gasteiger partial charge >= 0.3 is 0 Å². The van der Waals surface area contributed by atoms with E-state index < -0.39 is 11.7 Å². The highest BCUT2D eigenvalue weighted by molar-refractivity contribution is 7.98. The highest BCUT2D eigenvalue weighted by atomic mass is 35.5. The van der Waals surface area contributed by atoms with Crippen molar-refractivity contribution in [1.82, 2.24) is 15.2 Å². The first-order valence-corrected chi connectivity index (χ1v) is 15.3. The number of halogens is 2. The Kier molecular flexibility index (Phi) is 8.19. The van der Waals surface area contributed by atoms with Crippen molar-refractivity contribution in [1.29, 1.82) is 0 Å². The van der Waals surface area contributed by atoms with Gasteiger partial charge < -0.3 is 24.5 Å². The normalized spacial score (nSPS) is 25.0. The van der Waals surface area contributed by atoms with Gasteiger partial charge in [0.25, 0.3) is 17.3 Å². The van der Waals surface area contributed by atoms with Crippen LogP contribution in [0.4, 0.5) is 0 Å². The Labute approximate surface area is 243 Å². The summed E-state index contributed by atoms with van der Waals surface area (Å²) in [6.45, 7) is 7.59. The number of hydrogen-bond donors (Lipinski definition) is 2. The molecule has 39 heavy (non-hydrogen) atoms. The predicted molar refractivity (Wildman–Crippen MR) is 154 cm³/mol. The highest BCUT2D eigenvalue weighted by Crippen LogP contribution is 2.54. The number of aromatic amines is 1. The first-order valence-electron chi connectivity index (χ1n) is 13.3. The third kappa shape index (κ3) is 5.28. The Morgan fingerprint density at radius 2 is 1.85 bits per heavy atom. The van der Waals surface area contributed by atoms with Crippen LogP contribution in [0.5, 0.6) is 11.5 Å². The third-order valence-electron chi connectivity index (χ3n) is 8.41. The molecule has 1 aliphatic carbocycles. The lowest BCUT2D eigenvalue weighted by molar-refractivity contribution is -0.130. The van der Waals surface area contributed by atoms with Gasteiger partial charge in [-0.2, -0.15) is 0 Å². The lowest BCUT2D eigenvalue weighted by atomic mass is 9.80. The van der Waals surface area contributed by atoms with Crippen LogP contribution in [0, 0.1) is 19.8 Å². The number of rotatable bonds is 7. The van der Waals surface area contributed by atoms with Gasteiger partial charge in [0.1, 0.15) is 5.02 Å². The van der Waals surface area contributed by atoms with Gasteiger partial charge in [0, 0.05) is 67.3 Å². The van der Waals surface area contributed by atoms with Gasteiger partial charge in [-0.1, -0.05) is 23.2 Å². The number of aryl methyl sites for hydroxylation is 1. The number of carbonyl (C=O) groups is 1. The number of benzene rings is 1. The second kappa shape index (κ2) is 11.2. The van der Waals surface area contributed by atoms with E-state index in [1.165, 1.54) is 11.8 Å². The van der Waals surface area contributed by atoms with Crippen LogP contribution in [-0.4, -0.2) is 60.2 Å². The molecule has 8 nitrogen and oxygen atoms in total. The molecule has 2 N–H and O–H groups in total. The molecular formula is C28H35Cl2N3O5S. The van der Waals surface area contributed by atoms with Gasteiger partial charge in [-0.05, 0) is 51.9 Å². The van der Waals surface area contributed by atoms with Crippen molar-refractivity contribution in [2.75, 3.05) is 26.5 Å². The molecule has 0 radical (unpaired) electrons. The number of aromatic nitrogens is 1. The topological polar surface area (TPSA) is 92.9 Å². The average molecular weight is 597 g/mol. The fourth-order valence-corrected chi connectivity index (χ4v) is 7.25. The summed E-state index contributed by atoms with van der Waals surface area (Å²) >= 11 is 14.7. The van der Waals surface area contributed by atoms with Crippen molar-refractivity contribution in [3.63, 3.8) is 0 Å². The van der Waals surface area contributed by atoms with Crippen molar-refractivity contribution in [3.8, 4) is 11.5 Å². The maximum absolute atomic E-state index is 13.3. The zero-order valence-corrected chi connectivity index (χ0v) is 25.2. The Hall–Kier alpha value is -1.91. The number of fused-ring (bicyclic) bond motifs is 1. The quantitative estimate of drug-likeness (QED) is 0.418. The Morgan fingerprint density at radius 3 is 2.49 bits per heavy atom. The number of nitrogens with zero attached hydrogens (tertiary/aromatic N) is 1. The molecule has 3 aliphatic rings. The largest absolute Gasteiger partial charge is 0.448 e. The molecule has 1 saturated carbocycles. The molecule has 1 amide bonds. The van der Waals surface area contributed by atoms with E-state index in [4.69, 9.17) is 37.4 Å². The third-order valence-corrected chi connectivity index (χ3v) is 10.0. The second-order valence-electron chi connectivity index (χ2n) is 10.8. The van der Waals surface area contributed by atoms with Crippen molar-refractivity contribution in [2.45, 2.75) is 75.8 Å². The number of methoxy groups -OCH3 is 1. The summed E-state index contributed by atoms with van der Waals surface area (Å²) < 4.78 is 18.2. The molecule has 1 aromatic carbocycles. The van der Waals surface area contributed by atoms with E-state index in [2.05, 4.69) is 15.2 Å². The van der Waals surface area contributed by atoms with Crippen LogP contribution in [0.3, 0.4) is 0 Å². The minimum atomic E-state index is -0.896. The van der Waals surface area contributed by atoms with Gasteiger partial charge in [0.2, 0.25) is 0 Å². The maximum atomic E-state index is 13.3. The zero-order chi connectivity index (χ0) is 28.1. The van der Waals surface area contributed by atoms with Crippen LogP contribution in [0.1, 0.15) is 59.8 Å². The van der Waals surface area contributed by atoms with Crippen LogP contribution in [0.25, 0.3) is 0 Å². The van der Waals surface area contributed by atoms with E-state index in [-0.39, 0.29) is 33.6 Å². The smallest absolute Gasteiger partial charge is 0.254 e. The highest BCUT2D eigenvalue weighted by Gasteiger charge is 2.49. The van der Waals surface area contributed by atoms with Gasteiger partial charge in [0.05, 0.1) is 16.7 Å². The lowest BCUT2D eigenvalue weighted by Crippen LogP contribution is -2.57. The number of carbonyl (C=O) groups excluding carboxylic acids is 1. The van der Waals surface area contributed by atoms with Crippen molar-refractivity contribution in [2.24, 2.45) is 5.92 Å². The lowest BCUT2D eigenvalue weighted by Gasteiger charge is -2.47. The van der Waals surface area contributed by atoms with Crippen LogP contribution in [0.15, 0.2) is 15.8 Å². The molecule has 11 heteroatoms. The second-order valence-corrected chi connectivity index (χ2v) is 12.4. The molecule has 5 rings (SSSR count). The van der Waals surface area contributed by atoms with E-state index in [1.807, 2.05) is 26.2 Å². The summed E-state index contributed by atoms with van der Waals surface area (Å²) in [7, 11) is 1.77. The van der Waals surface area contributed by atoms with E-state index in [0.717, 1.165) is 49.4 Å². The van der Waals surface area contributed by atoms with E-state index in [0.29, 0.717) is 34.8 Å². The molecule has 1 atom stereocenters. The minimum Gasteiger partial charge on any atom is -0.448 e. The van der Waals surface area contributed by atoms with Crippen molar-refractivity contribution < 1.29 is 19.0 Å². The van der Waals surface area contributed by atoms with Gasteiger partial charge in [0.15, 0.2) is 11.5 Å². The molecule has 0 unspecified atom stereocenters. The molecule has 212 valence electrons. The van der Waals surface area contributed by atoms with Crippen LogP contribution in [0.2, 0.25) is 10.0 Å². The van der Waals surface area contributed by atoms with Gasteiger partial charge in [-0.15, -0.1) is 11.8 Å². The van der Waals surface area contributed by atoms with Crippen molar-refractivity contribution in [3.05, 3.63) is 48.8 Å². The number of thioether (sulfide) groups is 1. The van der Waals surface area contributed by atoms with Gasteiger partial charge in [-0.25, -0.2) is 0 Å². The minimum absolute atomic E-state index is 0.0511. The molecule has 1 aromatic heterocycles. The predicted octanol–water partition coefficient (Wildman–Crippen LogP) is 5.33. The molecular weight excluding hydrogens is 561 g/mol. The first-order chi connectivity index (χ1) is 18.6. The number of ether oxygens (including phenoxy) is 3. The first kappa shape index (κ1) is 28.6. The number of nitrogens with one attached hydrogen (secondary N) is 2. The van der Waals surface area contributed by atoms with E-state index >= 15 is 0 Å². The summed E-state index contributed by atoms with van der Waals surface area (Å²) in [4.78, 5) is 32.0. The molecule has 3 heterocycles. The SMILES string of the molecule is COC1CN([C@H]2CC[C@@H]([C@@]3(C)Oc4c(C)c(C(=O)NCc5c(SC)cc(C)[nH]c5=O)c(Cl)c(Cl)c4O3)CC2)C1. The van der Waals surface area contributed by atoms with Crippen LogP contribution < -0.4 is 20.3 Å². The van der Waals surface area contributed by atoms with E-state index in [1.54, 1.807) is 14.0 Å². The maximum Gasteiger partial charge on any atom is 0.254 e. The number of pyridine rings is 1. The Balaban J connectivity index is 1.31. The zero-order valence-electron chi connectivity index (χ0n) is 22.9. The Morgan fingerprint density at radius 1 is 1.18 bits per heavy atom. The molecule has 2 aromatic rings. The number of amides is 1. The molecule has 0 bridgehead atoms. The number of likely N-dealkylation sites (tertiary alicyclic amines) is 1. The summed E-state index contributed by atoms with van der Waals surface area (Å²) in [5.41, 5.74) is 1.79. The summed E-state index contributed by atoms with van der Waals surface area (Å²) in [6, 6.07) is 2.44. The molecule has 2 fully saturated rings. The van der Waals surface area contributed by atoms with Crippen LogP contribution >= 0.6 is 35.0 Å². The fourth-order valence-electron chi connectivity index (χ4n) is 6.01. The monoisotopic (exact) mass is 595 g/mol. The van der Waals surface area contributed by atoms with E-state index in [9.17, 15) is 9.59 Å². The number of H-pyrrole nitrogens is 1. The van der Waals surface area contributed by atoms with Crippen molar-refractivity contribution >= 4 is 40.9 Å². The summed E-state index contributed by atoms with van der Waals surface area (Å²) in [6.07, 6.45) is 6.30. The molecule has 1 saturated heterocycles. The standard InChI is InChI=1S/C28H35Cl2N3O5S/c1-14-10-20(39-5)19(26(34)32-14)11-31-27(35)21-15(2)24-25(23(30)22(21)29)38-28(3,37-24)16-6-8-17(9-7-16)33-12-18(13-33)36-4/h10,16-18H,6-9,11-13H2,1-5H3,(H,31,35)(H,32,34)/t16-,17+,28-/m0/s1. The van der Waals surface area contributed by atoms with Crippen LogP contribution in [-0.2, 0) is 11.3 Å². The molecule has 0 spiro atoms. The van der Waals surface area contributed by atoms with Gasteiger partial charge in [-0.3, -0.25) is 14.5 Å². The summed E-state index contributed by atoms with van der Waals surface area (Å²) in [5.74, 6) is -0.332. The Bertz CT molecular complexity index is 1340. The number of hydrogen-bond acceptors (Lipinski definition) is 7. The summed E-state index contributed by atoms with van der Waals surface area (Å²) in [5, 5.41) is 3.11. The fraction of sp³-hybridized carbons (Fsp3) is 0.571. The average Bonchev–Trinajstić information content (AvgIpc) is 3.25.